The second-order valence-corrected chi connectivity index (χ2v) is 6.88. The minimum absolute atomic E-state index is 0.378. The van der Waals surface area contributed by atoms with E-state index in [0.29, 0.717) is 12.2 Å². The van der Waals surface area contributed by atoms with Gasteiger partial charge >= 0.3 is 0 Å². The van der Waals surface area contributed by atoms with E-state index in [0.717, 1.165) is 32.1 Å². The van der Waals surface area contributed by atoms with E-state index in [1.165, 1.54) is 25.1 Å². The molecule has 0 aliphatic carbocycles. The summed E-state index contributed by atoms with van der Waals surface area (Å²) < 4.78 is 5.83. The largest absolute Gasteiger partial charge is 0.373 e. The summed E-state index contributed by atoms with van der Waals surface area (Å²) in [6.07, 6.45) is 3.31. The van der Waals surface area contributed by atoms with E-state index in [1.54, 1.807) is 0 Å². The predicted octanol–water partition coefficient (Wildman–Crippen LogP) is 2.83. The maximum absolute atomic E-state index is 5.83. The van der Waals surface area contributed by atoms with E-state index in [9.17, 15) is 0 Å². The van der Waals surface area contributed by atoms with Gasteiger partial charge in [-0.15, -0.1) is 0 Å². The molecule has 2 fully saturated rings. The average Bonchev–Trinajstić information content (AvgIpc) is 2.49. The van der Waals surface area contributed by atoms with Crippen molar-refractivity contribution in [2.45, 2.75) is 38.9 Å². The second kappa shape index (κ2) is 7.44. The second-order valence-electron chi connectivity index (χ2n) is 6.88. The van der Waals surface area contributed by atoms with E-state index in [4.69, 9.17) is 4.74 Å². The fraction of sp³-hybridized carbons (Fsp3) is 0.667. The molecule has 0 spiro atoms. The number of hydrogen-bond acceptors (Lipinski definition) is 4. The maximum atomic E-state index is 5.83. The lowest BCUT2D eigenvalue weighted by molar-refractivity contribution is -0.0729. The van der Waals surface area contributed by atoms with Gasteiger partial charge in [0, 0.05) is 38.4 Å². The number of benzene rings is 1. The SMILES string of the molecule is C[C@@H]1CN(CC2CCN(Nc3ccccc3)CC2)C[C@H](C)O1. The summed E-state index contributed by atoms with van der Waals surface area (Å²) in [5, 5.41) is 2.36. The summed E-state index contributed by atoms with van der Waals surface area (Å²) in [6, 6.07) is 10.5. The molecule has 1 aromatic rings. The average molecular weight is 303 g/mol. The van der Waals surface area contributed by atoms with Crippen molar-refractivity contribution in [3.05, 3.63) is 30.3 Å². The predicted molar refractivity (Wildman–Crippen MR) is 90.8 cm³/mol. The highest BCUT2D eigenvalue weighted by Crippen LogP contribution is 2.21. The molecule has 0 aromatic heterocycles. The molecule has 2 atom stereocenters. The Morgan fingerprint density at radius 3 is 2.32 bits per heavy atom. The number of hydrazine groups is 1. The number of anilines is 1. The normalized spacial score (nSPS) is 28.6. The van der Waals surface area contributed by atoms with E-state index in [1.807, 2.05) is 0 Å². The Kier molecular flexibility index (Phi) is 5.34. The zero-order valence-electron chi connectivity index (χ0n) is 13.9. The minimum atomic E-state index is 0.378. The molecule has 2 aliphatic heterocycles. The Morgan fingerprint density at radius 1 is 1.05 bits per heavy atom. The first-order valence-electron chi connectivity index (χ1n) is 8.63. The molecule has 3 rings (SSSR count). The monoisotopic (exact) mass is 303 g/mol. The van der Waals surface area contributed by atoms with Crippen LogP contribution >= 0.6 is 0 Å². The summed E-state index contributed by atoms with van der Waals surface area (Å²) in [6.45, 7) is 10.1. The Labute approximate surface area is 134 Å². The molecule has 0 radical (unpaired) electrons. The van der Waals surface area contributed by atoms with Crippen molar-refractivity contribution < 1.29 is 4.74 Å². The van der Waals surface area contributed by atoms with Gasteiger partial charge in [-0.3, -0.25) is 4.90 Å². The number of ether oxygens (including phenoxy) is 1. The third-order valence-electron chi connectivity index (χ3n) is 4.69. The van der Waals surface area contributed by atoms with Crippen LogP contribution < -0.4 is 5.43 Å². The highest BCUT2D eigenvalue weighted by molar-refractivity contribution is 5.41. The van der Waals surface area contributed by atoms with E-state index in [2.05, 4.69) is 59.5 Å². The van der Waals surface area contributed by atoms with Crippen LogP contribution in [-0.4, -0.2) is 54.8 Å². The highest BCUT2D eigenvalue weighted by atomic mass is 16.5. The lowest BCUT2D eigenvalue weighted by atomic mass is 9.96. The summed E-state index contributed by atoms with van der Waals surface area (Å²) in [7, 11) is 0. The van der Waals surface area contributed by atoms with Crippen LogP contribution in [0.25, 0.3) is 0 Å². The smallest absolute Gasteiger partial charge is 0.0678 e. The fourth-order valence-corrected chi connectivity index (χ4v) is 3.72. The van der Waals surface area contributed by atoms with Gasteiger partial charge < -0.3 is 10.2 Å². The van der Waals surface area contributed by atoms with Crippen LogP contribution in [0.5, 0.6) is 0 Å². The molecule has 0 amide bonds. The van der Waals surface area contributed by atoms with Crippen molar-refractivity contribution in [1.82, 2.24) is 9.91 Å². The molecular formula is C18H29N3O. The molecule has 4 nitrogen and oxygen atoms in total. The Bertz CT molecular complexity index is 435. The maximum Gasteiger partial charge on any atom is 0.0678 e. The molecule has 2 aliphatic rings. The third-order valence-corrected chi connectivity index (χ3v) is 4.69. The Hall–Kier alpha value is -1.10. The van der Waals surface area contributed by atoms with Crippen molar-refractivity contribution in [3.63, 3.8) is 0 Å². The summed E-state index contributed by atoms with van der Waals surface area (Å²) in [4.78, 5) is 2.60. The van der Waals surface area contributed by atoms with Gasteiger partial charge in [-0.2, -0.15) is 0 Å². The van der Waals surface area contributed by atoms with Crippen LogP contribution in [-0.2, 0) is 4.74 Å². The first-order chi connectivity index (χ1) is 10.7. The van der Waals surface area contributed by atoms with Crippen molar-refractivity contribution in [2.75, 3.05) is 38.1 Å². The molecule has 2 heterocycles. The molecule has 22 heavy (non-hydrogen) atoms. The first kappa shape index (κ1) is 15.8. The topological polar surface area (TPSA) is 27.7 Å². The summed E-state index contributed by atoms with van der Waals surface area (Å²) >= 11 is 0. The zero-order valence-corrected chi connectivity index (χ0v) is 13.9. The number of morpholine rings is 1. The molecule has 122 valence electrons. The van der Waals surface area contributed by atoms with Gasteiger partial charge in [0.2, 0.25) is 0 Å². The van der Waals surface area contributed by atoms with E-state index in [-0.39, 0.29) is 0 Å². The van der Waals surface area contributed by atoms with E-state index >= 15 is 0 Å². The van der Waals surface area contributed by atoms with Crippen molar-refractivity contribution >= 4 is 5.69 Å². The van der Waals surface area contributed by atoms with Gasteiger partial charge in [0.05, 0.1) is 12.2 Å². The van der Waals surface area contributed by atoms with Gasteiger partial charge in [-0.1, -0.05) is 18.2 Å². The number of nitrogens with one attached hydrogen (secondary N) is 1. The number of para-hydroxylation sites is 1. The quantitative estimate of drug-likeness (QED) is 0.925. The van der Waals surface area contributed by atoms with Gasteiger partial charge in [0.1, 0.15) is 0 Å². The van der Waals surface area contributed by atoms with Gasteiger partial charge in [0.15, 0.2) is 0 Å². The van der Waals surface area contributed by atoms with Gasteiger partial charge in [-0.25, -0.2) is 5.01 Å². The minimum Gasteiger partial charge on any atom is -0.373 e. The van der Waals surface area contributed by atoms with Crippen LogP contribution in [0.4, 0.5) is 5.69 Å². The van der Waals surface area contributed by atoms with Gasteiger partial charge in [-0.05, 0) is 44.7 Å². The third kappa shape index (κ3) is 4.45. The molecule has 1 aromatic carbocycles. The molecule has 1 N–H and O–H groups in total. The Balaban J connectivity index is 1.42. The highest BCUT2D eigenvalue weighted by Gasteiger charge is 2.26. The van der Waals surface area contributed by atoms with Crippen LogP contribution in [0.2, 0.25) is 0 Å². The van der Waals surface area contributed by atoms with E-state index < -0.39 is 0 Å². The van der Waals surface area contributed by atoms with Crippen LogP contribution in [0, 0.1) is 5.92 Å². The van der Waals surface area contributed by atoms with Crippen LogP contribution in [0.15, 0.2) is 30.3 Å². The number of rotatable bonds is 4. The summed E-state index contributed by atoms with van der Waals surface area (Å²) in [5.74, 6) is 0.825. The molecule has 0 saturated carbocycles. The fourth-order valence-electron chi connectivity index (χ4n) is 3.72. The lowest BCUT2D eigenvalue weighted by Gasteiger charge is -2.39. The van der Waals surface area contributed by atoms with Crippen molar-refractivity contribution in [1.29, 1.82) is 0 Å². The van der Waals surface area contributed by atoms with Gasteiger partial charge in [0.25, 0.3) is 0 Å². The summed E-state index contributed by atoms with van der Waals surface area (Å²) in [5.41, 5.74) is 4.71. The Morgan fingerprint density at radius 2 is 1.68 bits per heavy atom. The van der Waals surface area contributed by atoms with Crippen molar-refractivity contribution in [2.24, 2.45) is 5.92 Å². The molecule has 2 saturated heterocycles. The molecular weight excluding hydrogens is 274 g/mol. The standard InChI is InChI=1S/C18H29N3O/c1-15-12-20(13-16(2)22-15)14-17-8-10-21(11-9-17)19-18-6-4-3-5-7-18/h3-7,15-17,19H,8-14H2,1-2H3/t15-,16+. The molecule has 0 unspecified atom stereocenters. The zero-order chi connectivity index (χ0) is 15.4. The van der Waals surface area contributed by atoms with Crippen LogP contribution in [0.3, 0.4) is 0 Å². The van der Waals surface area contributed by atoms with Crippen LogP contribution in [0.1, 0.15) is 26.7 Å². The number of piperidine rings is 1. The first-order valence-corrected chi connectivity index (χ1v) is 8.63. The molecule has 4 heteroatoms. The lowest BCUT2D eigenvalue weighted by Crippen LogP contribution is -2.48. The molecule has 0 bridgehead atoms. The number of hydrogen-bond donors (Lipinski definition) is 1. The van der Waals surface area contributed by atoms with Crippen molar-refractivity contribution in [3.8, 4) is 0 Å². The number of nitrogens with zero attached hydrogens (tertiary/aromatic N) is 2.